The molecule has 0 spiro atoms. The highest BCUT2D eigenvalue weighted by Gasteiger charge is 2.35. The molecule has 4 rings (SSSR count). The van der Waals surface area contributed by atoms with E-state index in [0.717, 1.165) is 17.4 Å². The summed E-state index contributed by atoms with van der Waals surface area (Å²) < 4.78 is 0. The highest BCUT2D eigenvalue weighted by atomic mass is 16.2. The van der Waals surface area contributed by atoms with Crippen LogP contribution in [0.15, 0.2) is 36.8 Å². The van der Waals surface area contributed by atoms with Crippen molar-refractivity contribution in [2.24, 2.45) is 11.7 Å². The average Bonchev–Trinajstić information content (AvgIpc) is 3.21. The van der Waals surface area contributed by atoms with Crippen LogP contribution in [0.4, 0.5) is 5.82 Å². The summed E-state index contributed by atoms with van der Waals surface area (Å²) in [4.78, 5) is 47.2. The number of amides is 3. The lowest BCUT2D eigenvalue weighted by molar-refractivity contribution is -0.146. The topological polar surface area (TPSA) is 147 Å². The maximum absolute atomic E-state index is 13.1. The standard InChI is InChI=1S/C20H21N7O3/c1-11-4-5-15(12-7-13-9-24-26-17(13)23-8-12)27(10-11)20(30)19(29)25-18-14(16(21)28)3-2-6-22-18/h2-3,6-9,11,15H,4-5,10H2,1H3,(H2,21,28)(H,22,25,29)(H,23,24,26)/t11-,15+/m1/s1. The number of nitrogens with zero attached hydrogens (tertiary/aromatic N) is 4. The first-order valence-corrected chi connectivity index (χ1v) is 9.60. The van der Waals surface area contributed by atoms with Crippen LogP contribution in [0, 0.1) is 5.92 Å². The van der Waals surface area contributed by atoms with E-state index in [1.165, 1.54) is 18.3 Å². The molecule has 3 aromatic rings. The van der Waals surface area contributed by atoms with Crippen molar-refractivity contribution in [2.45, 2.75) is 25.8 Å². The second-order valence-electron chi connectivity index (χ2n) is 7.45. The molecule has 0 unspecified atom stereocenters. The van der Waals surface area contributed by atoms with Gasteiger partial charge in [-0.3, -0.25) is 19.5 Å². The summed E-state index contributed by atoms with van der Waals surface area (Å²) in [6.07, 6.45) is 6.41. The Kier molecular flexibility index (Phi) is 5.13. The highest BCUT2D eigenvalue weighted by Crippen LogP contribution is 2.34. The third-order valence-corrected chi connectivity index (χ3v) is 5.27. The molecule has 0 bridgehead atoms. The van der Waals surface area contributed by atoms with Gasteiger partial charge < -0.3 is 16.0 Å². The number of pyridine rings is 2. The Morgan fingerprint density at radius 1 is 1.23 bits per heavy atom. The normalized spacial score (nSPS) is 18.9. The number of fused-ring (bicyclic) bond motifs is 1. The average molecular weight is 407 g/mol. The fourth-order valence-corrected chi connectivity index (χ4v) is 3.75. The van der Waals surface area contributed by atoms with E-state index in [4.69, 9.17) is 5.73 Å². The van der Waals surface area contributed by atoms with Gasteiger partial charge in [0.1, 0.15) is 5.82 Å². The van der Waals surface area contributed by atoms with E-state index in [-0.39, 0.29) is 23.3 Å². The van der Waals surface area contributed by atoms with E-state index in [2.05, 4.69) is 25.5 Å². The Labute approximate surface area is 171 Å². The van der Waals surface area contributed by atoms with Crippen LogP contribution in [0.1, 0.15) is 41.7 Å². The highest BCUT2D eigenvalue weighted by molar-refractivity contribution is 6.39. The lowest BCUT2D eigenvalue weighted by atomic mass is 9.90. The summed E-state index contributed by atoms with van der Waals surface area (Å²) in [5, 5.41) is 10.0. The van der Waals surface area contributed by atoms with E-state index in [0.29, 0.717) is 18.6 Å². The number of nitrogens with two attached hydrogens (primary N) is 1. The Morgan fingerprint density at radius 3 is 2.87 bits per heavy atom. The zero-order valence-corrected chi connectivity index (χ0v) is 16.3. The number of hydrogen-bond acceptors (Lipinski definition) is 6. The van der Waals surface area contributed by atoms with E-state index < -0.39 is 17.7 Å². The molecule has 154 valence electrons. The fourth-order valence-electron chi connectivity index (χ4n) is 3.75. The zero-order valence-electron chi connectivity index (χ0n) is 16.3. The summed E-state index contributed by atoms with van der Waals surface area (Å²) in [7, 11) is 0. The van der Waals surface area contributed by atoms with Crippen molar-refractivity contribution >= 4 is 34.6 Å². The Hall–Kier alpha value is -3.82. The van der Waals surface area contributed by atoms with Crippen LogP contribution in [0.2, 0.25) is 0 Å². The molecule has 1 fully saturated rings. The summed E-state index contributed by atoms with van der Waals surface area (Å²) in [6.45, 7) is 2.47. The number of likely N-dealkylation sites (tertiary alicyclic amines) is 1. The van der Waals surface area contributed by atoms with Crippen LogP contribution >= 0.6 is 0 Å². The number of primary amides is 1. The van der Waals surface area contributed by atoms with Gasteiger partial charge in [0, 0.05) is 24.3 Å². The molecule has 10 heteroatoms. The number of rotatable bonds is 3. The van der Waals surface area contributed by atoms with Gasteiger partial charge in [-0.25, -0.2) is 9.97 Å². The molecule has 1 aliphatic heterocycles. The van der Waals surface area contributed by atoms with E-state index >= 15 is 0 Å². The minimum Gasteiger partial charge on any atom is -0.365 e. The number of nitrogens with one attached hydrogen (secondary N) is 2. The Morgan fingerprint density at radius 2 is 2.07 bits per heavy atom. The van der Waals surface area contributed by atoms with Crippen LogP contribution in [-0.2, 0) is 9.59 Å². The lowest BCUT2D eigenvalue weighted by Gasteiger charge is -2.38. The largest absolute Gasteiger partial charge is 0.365 e. The number of aromatic amines is 1. The minimum atomic E-state index is -0.868. The molecule has 3 amide bonds. The maximum atomic E-state index is 13.1. The number of anilines is 1. The molecular formula is C20H21N7O3. The molecule has 2 atom stereocenters. The van der Waals surface area contributed by atoms with E-state index in [1.54, 1.807) is 17.3 Å². The molecule has 3 aromatic heterocycles. The van der Waals surface area contributed by atoms with Crippen molar-refractivity contribution in [3.05, 3.63) is 47.9 Å². The van der Waals surface area contributed by atoms with Gasteiger partial charge in [-0.05, 0) is 42.5 Å². The molecule has 0 aromatic carbocycles. The monoisotopic (exact) mass is 407 g/mol. The number of piperidine rings is 1. The van der Waals surface area contributed by atoms with Crippen LogP contribution < -0.4 is 11.1 Å². The van der Waals surface area contributed by atoms with Crippen LogP contribution in [-0.4, -0.2) is 49.3 Å². The molecule has 1 saturated heterocycles. The number of carbonyl (C=O) groups is 3. The molecular weight excluding hydrogens is 386 g/mol. The Bertz CT molecular complexity index is 1130. The van der Waals surface area contributed by atoms with Gasteiger partial charge in [0.15, 0.2) is 5.65 Å². The molecule has 1 aliphatic rings. The summed E-state index contributed by atoms with van der Waals surface area (Å²) in [6, 6.07) is 4.60. The van der Waals surface area contributed by atoms with Crippen molar-refractivity contribution in [3.63, 3.8) is 0 Å². The van der Waals surface area contributed by atoms with Crippen LogP contribution in [0.3, 0.4) is 0 Å². The van der Waals surface area contributed by atoms with Gasteiger partial charge in [-0.15, -0.1) is 0 Å². The fraction of sp³-hybridized carbons (Fsp3) is 0.300. The van der Waals surface area contributed by atoms with Crippen molar-refractivity contribution in [1.82, 2.24) is 25.1 Å². The number of hydrogen-bond donors (Lipinski definition) is 3. The maximum Gasteiger partial charge on any atom is 0.315 e. The molecule has 0 aliphatic carbocycles. The smallest absolute Gasteiger partial charge is 0.315 e. The lowest BCUT2D eigenvalue weighted by Crippen LogP contribution is -2.46. The number of H-pyrrole nitrogens is 1. The predicted molar refractivity (Wildman–Crippen MR) is 108 cm³/mol. The van der Waals surface area contributed by atoms with E-state index in [1.807, 2.05) is 13.0 Å². The van der Waals surface area contributed by atoms with Gasteiger partial charge in [-0.1, -0.05) is 6.92 Å². The summed E-state index contributed by atoms with van der Waals surface area (Å²) >= 11 is 0. The third kappa shape index (κ3) is 3.71. The van der Waals surface area contributed by atoms with Gasteiger partial charge in [0.05, 0.1) is 17.8 Å². The zero-order chi connectivity index (χ0) is 21.3. The van der Waals surface area contributed by atoms with Crippen molar-refractivity contribution in [3.8, 4) is 0 Å². The van der Waals surface area contributed by atoms with E-state index in [9.17, 15) is 14.4 Å². The first-order chi connectivity index (χ1) is 14.4. The number of aromatic nitrogens is 4. The molecule has 30 heavy (non-hydrogen) atoms. The Balaban J connectivity index is 1.59. The number of carbonyl (C=O) groups excluding carboxylic acids is 3. The quantitative estimate of drug-likeness (QED) is 0.559. The molecule has 4 N–H and O–H groups in total. The van der Waals surface area contributed by atoms with Gasteiger partial charge in [0.25, 0.3) is 5.91 Å². The summed E-state index contributed by atoms with van der Waals surface area (Å²) in [5.74, 6) is -2.09. The van der Waals surface area contributed by atoms with Gasteiger partial charge in [0.2, 0.25) is 0 Å². The first-order valence-electron chi connectivity index (χ1n) is 9.60. The van der Waals surface area contributed by atoms with Gasteiger partial charge >= 0.3 is 11.8 Å². The van der Waals surface area contributed by atoms with Crippen molar-refractivity contribution in [2.75, 3.05) is 11.9 Å². The second kappa shape index (κ2) is 7.90. The molecule has 0 saturated carbocycles. The summed E-state index contributed by atoms with van der Waals surface area (Å²) in [5.41, 5.74) is 6.86. The van der Waals surface area contributed by atoms with Crippen LogP contribution in [0.5, 0.6) is 0 Å². The SMILES string of the molecule is C[C@@H]1CC[C@@H](c2cnc3[nH]ncc3c2)N(C(=O)C(=O)Nc2ncccc2C(N)=O)C1. The van der Waals surface area contributed by atoms with Crippen LogP contribution in [0.25, 0.3) is 11.0 Å². The molecule has 4 heterocycles. The second-order valence-corrected chi connectivity index (χ2v) is 7.45. The minimum absolute atomic E-state index is 0.0357. The van der Waals surface area contributed by atoms with Crippen molar-refractivity contribution in [1.29, 1.82) is 0 Å². The third-order valence-electron chi connectivity index (χ3n) is 5.27. The van der Waals surface area contributed by atoms with Crippen molar-refractivity contribution < 1.29 is 14.4 Å². The first kappa shape index (κ1) is 19.5. The predicted octanol–water partition coefficient (Wildman–Crippen LogP) is 1.39. The molecule has 10 nitrogen and oxygen atoms in total. The van der Waals surface area contributed by atoms with Gasteiger partial charge in [-0.2, -0.15) is 5.10 Å². The molecule has 0 radical (unpaired) electrons.